The number of halogens is 1. The van der Waals surface area contributed by atoms with Crippen molar-refractivity contribution in [3.63, 3.8) is 0 Å². The number of fused-ring (bicyclic) bond motifs is 1. The first-order chi connectivity index (χ1) is 9.47. The number of aromatic nitrogens is 1. The van der Waals surface area contributed by atoms with E-state index in [1.807, 2.05) is 45.2 Å². The van der Waals surface area contributed by atoms with Crippen LogP contribution in [0.5, 0.6) is 0 Å². The van der Waals surface area contributed by atoms with E-state index >= 15 is 0 Å². The topological polar surface area (TPSA) is 56.9 Å². The fraction of sp³-hybridized carbons (Fsp3) is 0.400. The van der Waals surface area contributed by atoms with E-state index in [1.165, 1.54) is 0 Å². The predicted molar refractivity (Wildman–Crippen MR) is 82.9 cm³/mol. The predicted octanol–water partition coefficient (Wildman–Crippen LogP) is 2.82. The molecule has 2 aromatic rings. The summed E-state index contributed by atoms with van der Waals surface area (Å²) in [6.45, 7) is 6.40. The van der Waals surface area contributed by atoms with Gasteiger partial charge < -0.3 is 15.6 Å². The van der Waals surface area contributed by atoms with Crippen molar-refractivity contribution in [3.8, 4) is 0 Å². The van der Waals surface area contributed by atoms with Crippen LogP contribution in [0.15, 0.2) is 24.4 Å². The number of rotatable bonds is 5. The van der Waals surface area contributed by atoms with Crippen LogP contribution >= 0.6 is 11.6 Å². The number of carbonyl (C=O) groups excluding carboxylic acids is 1. The number of benzene rings is 1. The van der Waals surface area contributed by atoms with Crippen molar-refractivity contribution in [1.82, 2.24) is 15.6 Å². The van der Waals surface area contributed by atoms with Crippen LogP contribution in [0.3, 0.4) is 0 Å². The molecule has 0 saturated carbocycles. The number of H-pyrrole nitrogens is 1. The molecule has 0 aliphatic carbocycles. The minimum absolute atomic E-state index is 0.0166. The van der Waals surface area contributed by atoms with Gasteiger partial charge in [0.05, 0.1) is 6.04 Å². The van der Waals surface area contributed by atoms with Gasteiger partial charge >= 0.3 is 0 Å². The van der Waals surface area contributed by atoms with Crippen LogP contribution in [0.4, 0.5) is 0 Å². The minimum Gasteiger partial charge on any atom is -0.361 e. The SMILES string of the molecule is CC(C)NC(=O)C(C)NCc1c[nH]c2cc(Cl)ccc12. The van der Waals surface area contributed by atoms with Crippen molar-refractivity contribution < 1.29 is 4.79 Å². The van der Waals surface area contributed by atoms with Gasteiger partial charge in [0.25, 0.3) is 0 Å². The van der Waals surface area contributed by atoms with Crippen LogP contribution in [0.1, 0.15) is 26.3 Å². The molecule has 5 heteroatoms. The molecule has 20 heavy (non-hydrogen) atoms. The molecule has 0 aliphatic rings. The second-order valence-electron chi connectivity index (χ2n) is 5.27. The van der Waals surface area contributed by atoms with Gasteiger partial charge in [-0.1, -0.05) is 17.7 Å². The molecular weight excluding hydrogens is 274 g/mol. The number of amides is 1. The Morgan fingerprint density at radius 1 is 1.35 bits per heavy atom. The Labute approximate surface area is 123 Å². The largest absolute Gasteiger partial charge is 0.361 e. The summed E-state index contributed by atoms with van der Waals surface area (Å²) in [7, 11) is 0. The summed E-state index contributed by atoms with van der Waals surface area (Å²) < 4.78 is 0. The second kappa shape index (κ2) is 6.29. The first-order valence-electron chi connectivity index (χ1n) is 6.76. The first-order valence-corrected chi connectivity index (χ1v) is 7.14. The maximum atomic E-state index is 11.8. The first kappa shape index (κ1) is 14.9. The van der Waals surface area contributed by atoms with E-state index in [-0.39, 0.29) is 18.0 Å². The van der Waals surface area contributed by atoms with Gasteiger partial charge in [-0.05, 0) is 38.5 Å². The number of hydrogen-bond acceptors (Lipinski definition) is 2. The zero-order valence-corrected chi connectivity index (χ0v) is 12.7. The normalized spacial score (nSPS) is 12.8. The lowest BCUT2D eigenvalue weighted by Gasteiger charge is -2.15. The van der Waals surface area contributed by atoms with Crippen molar-refractivity contribution in [3.05, 3.63) is 35.0 Å². The van der Waals surface area contributed by atoms with E-state index < -0.39 is 0 Å². The number of hydrogen-bond donors (Lipinski definition) is 3. The van der Waals surface area contributed by atoms with Gasteiger partial charge in [0, 0.05) is 34.7 Å². The van der Waals surface area contributed by atoms with E-state index in [9.17, 15) is 4.79 Å². The van der Waals surface area contributed by atoms with Gasteiger partial charge in [0.15, 0.2) is 0 Å². The summed E-state index contributed by atoms with van der Waals surface area (Å²) in [6, 6.07) is 5.69. The minimum atomic E-state index is -0.227. The summed E-state index contributed by atoms with van der Waals surface area (Å²) in [5, 5.41) is 7.96. The van der Waals surface area contributed by atoms with Gasteiger partial charge in [-0.2, -0.15) is 0 Å². The molecule has 1 aromatic heterocycles. The van der Waals surface area contributed by atoms with Crippen molar-refractivity contribution >= 4 is 28.4 Å². The third kappa shape index (κ3) is 3.52. The molecule has 0 aliphatic heterocycles. The Bertz CT molecular complexity index is 606. The quantitative estimate of drug-likeness (QED) is 0.794. The molecule has 2 rings (SSSR count). The maximum Gasteiger partial charge on any atom is 0.237 e. The molecule has 1 heterocycles. The van der Waals surface area contributed by atoms with Gasteiger partial charge in [-0.15, -0.1) is 0 Å². The number of carbonyl (C=O) groups is 1. The zero-order chi connectivity index (χ0) is 14.7. The zero-order valence-electron chi connectivity index (χ0n) is 12.0. The molecule has 1 unspecified atom stereocenters. The highest BCUT2D eigenvalue weighted by atomic mass is 35.5. The molecule has 1 aromatic carbocycles. The van der Waals surface area contributed by atoms with Crippen molar-refractivity contribution in [2.24, 2.45) is 0 Å². The van der Waals surface area contributed by atoms with Crippen LogP contribution in [0.2, 0.25) is 5.02 Å². The highest BCUT2D eigenvalue weighted by molar-refractivity contribution is 6.31. The molecule has 1 amide bonds. The summed E-state index contributed by atoms with van der Waals surface area (Å²) in [6.07, 6.45) is 1.95. The van der Waals surface area contributed by atoms with E-state index in [0.717, 1.165) is 16.5 Å². The number of aromatic amines is 1. The third-order valence-corrected chi connectivity index (χ3v) is 3.39. The van der Waals surface area contributed by atoms with Crippen LogP contribution in [-0.4, -0.2) is 23.0 Å². The lowest BCUT2D eigenvalue weighted by Crippen LogP contribution is -2.44. The molecule has 3 N–H and O–H groups in total. The smallest absolute Gasteiger partial charge is 0.237 e. The van der Waals surface area contributed by atoms with Gasteiger partial charge in [-0.25, -0.2) is 0 Å². The van der Waals surface area contributed by atoms with Gasteiger partial charge in [0.1, 0.15) is 0 Å². The van der Waals surface area contributed by atoms with E-state index in [0.29, 0.717) is 11.6 Å². The lowest BCUT2D eigenvalue weighted by molar-refractivity contribution is -0.123. The van der Waals surface area contributed by atoms with Crippen molar-refractivity contribution in [1.29, 1.82) is 0 Å². The van der Waals surface area contributed by atoms with Gasteiger partial charge in [-0.3, -0.25) is 4.79 Å². The second-order valence-corrected chi connectivity index (χ2v) is 5.71. The molecule has 0 fully saturated rings. The lowest BCUT2D eigenvalue weighted by atomic mass is 10.1. The van der Waals surface area contributed by atoms with Crippen LogP contribution < -0.4 is 10.6 Å². The fourth-order valence-electron chi connectivity index (χ4n) is 2.07. The Balaban J connectivity index is 2.01. The van der Waals surface area contributed by atoms with Crippen LogP contribution in [0, 0.1) is 0 Å². The maximum absolute atomic E-state index is 11.8. The van der Waals surface area contributed by atoms with E-state index in [4.69, 9.17) is 11.6 Å². The summed E-state index contributed by atoms with van der Waals surface area (Å²) in [4.78, 5) is 15.0. The Morgan fingerprint density at radius 3 is 2.80 bits per heavy atom. The fourth-order valence-corrected chi connectivity index (χ4v) is 2.24. The van der Waals surface area contributed by atoms with Gasteiger partial charge in [0.2, 0.25) is 5.91 Å². The average molecular weight is 294 g/mol. The van der Waals surface area contributed by atoms with E-state index in [1.54, 1.807) is 0 Å². The molecule has 0 radical (unpaired) electrons. The standard InChI is InChI=1S/C15H20ClN3O/c1-9(2)19-15(20)10(3)17-7-11-8-18-14-6-12(16)4-5-13(11)14/h4-6,8-10,17-18H,7H2,1-3H3,(H,19,20). The molecule has 0 spiro atoms. The summed E-state index contributed by atoms with van der Waals surface area (Å²) in [5.41, 5.74) is 2.13. The third-order valence-electron chi connectivity index (χ3n) is 3.15. The van der Waals surface area contributed by atoms with Crippen LogP contribution in [-0.2, 0) is 11.3 Å². The highest BCUT2D eigenvalue weighted by Crippen LogP contribution is 2.21. The molecule has 0 bridgehead atoms. The van der Waals surface area contributed by atoms with E-state index in [2.05, 4.69) is 15.6 Å². The molecule has 0 saturated heterocycles. The Kier molecular flexibility index (Phi) is 4.68. The molecule has 108 valence electrons. The summed E-state index contributed by atoms with van der Waals surface area (Å²) >= 11 is 5.96. The Morgan fingerprint density at radius 2 is 2.10 bits per heavy atom. The Hall–Kier alpha value is -1.52. The number of nitrogens with one attached hydrogen (secondary N) is 3. The molecular formula is C15H20ClN3O. The molecule has 1 atom stereocenters. The highest BCUT2D eigenvalue weighted by Gasteiger charge is 2.13. The summed E-state index contributed by atoms with van der Waals surface area (Å²) in [5.74, 6) is 0.0166. The monoisotopic (exact) mass is 293 g/mol. The van der Waals surface area contributed by atoms with Crippen molar-refractivity contribution in [2.75, 3.05) is 0 Å². The van der Waals surface area contributed by atoms with Crippen molar-refractivity contribution in [2.45, 2.75) is 39.4 Å². The van der Waals surface area contributed by atoms with Crippen LogP contribution in [0.25, 0.3) is 10.9 Å². The molecule has 4 nitrogen and oxygen atoms in total. The average Bonchev–Trinajstić information content (AvgIpc) is 2.77.